The molecule has 4 unspecified atom stereocenters. The molecule has 4 heteroatoms. The van der Waals surface area contributed by atoms with Gasteiger partial charge in [-0.2, -0.15) is 0 Å². The van der Waals surface area contributed by atoms with Crippen LogP contribution in [0.25, 0.3) is 0 Å². The van der Waals surface area contributed by atoms with Crippen molar-refractivity contribution in [2.24, 2.45) is 11.8 Å². The Bertz CT molecular complexity index is 455. The molecule has 0 spiro atoms. The molecule has 0 heterocycles. The lowest BCUT2D eigenvalue weighted by molar-refractivity contribution is -0.212. The zero-order valence-electron chi connectivity index (χ0n) is 10.6. The molecule has 0 aromatic carbocycles. The average molecular weight is 250 g/mol. The Kier molecular flexibility index (Phi) is 2.28. The first kappa shape index (κ1) is 11.9. The van der Waals surface area contributed by atoms with Gasteiger partial charge in [-0.05, 0) is 38.5 Å². The minimum Gasteiger partial charge on any atom is -0.448 e. The summed E-state index contributed by atoms with van der Waals surface area (Å²) in [6, 6.07) is 0. The molecule has 4 bridgehead atoms. The smallest absolute Gasteiger partial charge is 0.334 e. The Hall–Kier alpha value is -1.16. The van der Waals surface area contributed by atoms with E-state index in [1.807, 2.05) is 0 Å². The molecule has 0 aromatic heterocycles. The van der Waals surface area contributed by atoms with Gasteiger partial charge in [-0.3, -0.25) is 4.79 Å². The highest BCUT2D eigenvalue weighted by Gasteiger charge is 2.64. The third-order valence-electron chi connectivity index (χ3n) is 4.60. The Morgan fingerprint density at radius 3 is 2.78 bits per heavy atom. The lowest BCUT2D eigenvalue weighted by atomic mass is 9.51. The maximum atomic E-state index is 12.4. The normalized spacial score (nSPS) is 45.1. The average Bonchev–Trinajstić information content (AvgIpc) is 2.23. The number of esters is 1. The lowest BCUT2D eigenvalue weighted by Crippen LogP contribution is -2.66. The van der Waals surface area contributed by atoms with E-state index in [1.54, 1.807) is 6.92 Å². The van der Waals surface area contributed by atoms with Gasteiger partial charge in [-0.1, -0.05) is 6.58 Å². The van der Waals surface area contributed by atoms with Crippen molar-refractivity contribution in [3.05, 3.63) is 12.2 Å². The van der Waals surface area contributed by atoms with Crippen molar-refractivity contribution < 1.29 is 19.4 Å². The van der Waals surface area contributed by atoms with Crippen molar-refractivity contribution in [2.75, 3.05) is 0 Å². The van der Waals surface area contributed by atoms with E-state index in [-0.39, 0.29) is 18.1 Å². The van der Waals surface area contributed by atoms with Crippen molar-refractivity contribution in [3.63, 3.8) is 0 Å². The van der Waals surface area contributed by atoms with Crippen LogP contribution in [0.3, 0.4) is 0 Å². The zero-order valence-corrected chi connectivity index (χ0v) is 10.6. The van der Waals surface area contributed by atoms with E-state index in [4.69, 9.17) is 4.74 Å². The highest BCUT2D eigenvalue weighted by molar-refractivity contribution is 5.96. The molecular weight excluding hydrogens is 232 g/mol. The van der Waals surface area contributed by atoms with Crippen LogP contribution >= 0.6 is 0 Å². The Labute approximate surface area is 106 Å². The lowest BCUT2D eigenvalue weighted by Gasteiger charge is -2.57. The van der Waals surface area contributed by atoms with Crippen molar-refractivity contribution in [3.8, 4) is 0 Å². The number of hydrogen-bond acceptors (Lipinski definition) is 4. The fourth-order valence-corrected chi connectivity index (χ4v) is 4.17. The quantitative estimate of drug-likeness (QED) is 0.594. The van der Waals surface area contributed by atoms with E-state index in [2.05, 4.69) is 6.58 Å². The summed E-state index contributed by atoms with van der Waals surface area (Å²) in [7, 11) is 0. The Morgan fingerprint density at radius 1 is 1.44 bits per heavy atom. The summed E-state index contributed by atoms with van der Waals surface area (Å²) in [4.78, 5) is 24.1. The van der Waals surface area contributed by atoms with Gasteiger partial charge in [0.15, 0.2) is 11.4 Å². The highest BCUT2D eigenvalue weighted by Crippen LogP contribution is 2.57. The number of ketones is 1. The summed E-state index contributed by atoms with van der Waals surface area (Å²) in [5, 5.41) is 10.5. The number of Topliss-reactive ketones (excluding diaryl/α,β-unsaturated/α-hetero) is 1. The molecule has 4 saturated carbocycles. The van der Waals surface area contributed by atoms with Crippen LogP contribution in [-0.2, 0) is 14.3 Å². The number of ether oxygens (including phenoxy) is 1. The largest absolute Gasteiger partial charge is 0.448 e. The third-order valence-corrected chi connectivity index (χ3v) is 4.60. The number of rotatable bonds is 2. The second kappa shape index (κ2) is 3.44. The van der Waals surface area contributed by atoms with Crippen molar-refractivity contribution >= 4 is 11.8 Å². The van der Waals surface area contributed by atoms with E-state index in [9.17, 15) is 14.7 Å². The van der Waals surface area contributed by atoms with E-state index in [0.717, 1.165) is 12.8 Å². The maximum Gasteiger partial charge on any atom is 0.334 e. The second-order valence-electron chi connectivity index (χ2n) is 6.34. The minimum atomic E-state index is -1.07. The summed E-state index contributed by atoms with van der Waals surface area (Å²) in [5.74, 6) is -0.334. The number of hydrogen-bond donors (Lipinski definition) is 1. The van der Waals surface area contributed by atoms with Gasteiger partial charge in [0.2, 0.25) is 0 Å². The van der Waals surface area contributed by atoms with Gasteiger partial charge in [0.25, 0.3) is 0 Å². The van der Waals surface area contributed by atoms with Gasteiger partial charge < -0.3 is 9.84 Å². The van der Waals surface area contributed by atoms with Crippen molar-refractivity contribution in [2.45, 2.75) is 50.2 Å². The van der Waals surface area contributed by atoms with Crippen LogP contribution in [0.4, 0.5) is 0 Å². The molecule has 1 N–H and O–H groups in total. The van der Waals surface area contributed by atoms with E-state index >= 15 is 0 Å². The summed E-state index contributed by atoms with van der Waals surface area (Å²) >= 11 is 0. The fraction of sp³-hybridized carbons (Fsp3) is 0.714. The van der Waals surface area contributed by atoms with Crippen LogP contribution in [0.1, 0.15) is 39.0 Å². The van der Waals surface area contributed by atoms with E-state index < -0.39 is 17.2 Å². The first-order chi connectivity index (χ1) is 8.34. The maximum absolute atomic E-state index is 12.4. The van der Waals surface area contributed by atoms with Gasteiger partial charge in [-0.25, -0.2) is 4.79 Å². The van der Waals surface area contributed by atoms with Crippen molar-refractivity contribution in [1.29, 1.82) is 0 Å². The van der Waals surface area contributed by atoms with Gasteiger partial charge in [-0.15, -0.1) is 0 Å². The van der Waals surface area contributed by atoms with Gasteiger partial charge in [0.05, 0.1) is 5.60 Å². The molecule has 0 radical (unpaired) electrons. The minimum absolute atomic E-state index is 0.0118. The Balaban J connectivity index is 1.93. The molecule has 0 saturated heterocycles. The van der Waals surface area contributed by atoms with E-state index in [1.165, 1.54) is 0 Å². The number of carbonyl (C=O) groups excluding carboxylic acids is 2. The summed E-state index contributed by atoms with van der Waals surface area (Å²) in [5.41, 5.74) is -1.59. The first-order valence-corrected chi connectivity index (χ1v) is 6.49. The molecule has 4 atom stereocenters. The van der Waals surface area contributed by atoms with Crippen molar-refractivity contribution in [1.82, 2.24) is 0 Å². The molecule has 18 heavy (non-hydrogen) atoms. The molecule has 0 amide bonds. The topological polar surface area (TPSA) is 63.6 Å². The van der Waals surface area contributed by atoms with Gasteiger partial charge >= 0.3 is 5.97 Å². The third kappa shape index (κ3) is 1.55. The van der Waals surface area contributed by atoms with E-state index in [0.29, 0.717) is 24.3 Å². The van der Waals surface area contributed by atoms with Gasteiger partial charge in [0.1, 0.15) is 0 Å². The van der Waals surface area contributed by atoms with Crippen LogP contribution in [0.15, 0.2) is 12.2 Å². The summed E-state index contributed by atoms with van der Waals surface area (Å²) in [6.45, 7) is 5.12. The molecule has 4 fully saturated rings. The second-order valence-corrected chi connectivity index (χ2v) is 6.34. The molecular formula is C14H18O4. The summed E-state index contributed by atoms with van der Waals surface area (Å²) in [6.07, 6.45) is 2.96. The molecule has 98 valence electrons. The van der Waals surface area contributed by atoms with Gasteiger partial charge in [0, 0.05) is 17.9 Å². The van der Waals surface area contributed by atoms with Crippen LogP contribution in [0.2, 0.25) is 0 Å². The monoisotopic (exact) mass is 250 g/mol. The highest BCUT2D eigenvalue weighted by atomic mass is 16.6. The SMILES string of the molecule is C=C(C)C(=O)OC12CC3CC(CC(O)(C3)C1)C2=O. The molecule has 4 aliphatic rings. The first-order valence-electron chi connectivity index (χ1n) is 6.49. The predicted molar refractivity (Wildman–Crippen MR) is 63.7 cm³/mol. The van der Waals surface area contributed by atoms with Crippen LogP contribution in [0, 0.1) is 11.8 Å². The fourth-order valence-electron chi connectivity index (χ4n) is 4.17. The standard InChI is InChI=1S/C14H18O4/c1-8(2)12(16)18-14-5-9-3-10(11(14)15)6-13(17,4-9)7-14/h9-10,17H,1,3-7H2,2H3. The molecule has 0 aliphatic heterocycles. The van der Waals surface area contributed by atoms with Crippen LogP contribution in [0.5, 0.6) is 0 Å². The number of carbonyl (C=O) groups is 2. The molecule has 0 aromatic rings. The molecule has 4 rings (SSSR count). The Morgan fingerprint density at radius 2 is 2.17 bits per heavy atom. The number of aliphatic hydroxyl groups is 1. The molecule has 4 aliphatic carbocycles. The van der Waals surface area contributed by atoms with Crippen LogP contribution < -0.4 is 0 Å². The molecule has 4 nitrogen and oxygen atoms in total. The van der Waals surface area contributed by atoms with Crippen LogP contribution in [-0.4, -0.2) is 28.1 Å². The predicted octanol–water partition coefficient (Wildman–Crippen LogP) is 1.37. The summed E-state index contributed by atoms with van der Waals surface area (Å²) < 4.78 is 5.44. The zero-order chi connectivity index (χ0) is 13.1.